The van der Waals surface area contributed by atoms with Crippen LogP contribution in [-0.2, 0) is 6.42 Å². The van der Waals surface area contributed by atoms with Crippen LogP contribution in [0.15, 0.2) is 18.2 Å². The molecule has 4 nitrogen and oxygen atoms in total. The van der Waals surface area contributed by atoms with Crippen LogP contribution < -0.4 is 10.1 Å². The van der Waals surface area contributed by atoms with Gasteiger partial charge in [-0.3, -0.25) is 0 Å². The molecule has 2 aromatic rings. The summed E-state index contributed by atoms with van der Waals surface area (Å²) in [6, 6.07) is 5.59. The molecule has 0 bridgehead atoms. The molecule has 2 rings (SSSR count). The highest BCUT2D eigenvalue weighted by Gasteiger charge is 2.10. The molecule has 1 N–H and O–H groups in total. The van der Waals surface area contributed by atoms with Gasteiger partial charge < -0.3 is 10.1 Å². The van der Waals surface area contributed by atoms with Crippen molar-refractivity contribution in [2.75, 3.05) is 11.9 Å². The van der Waals surface area contributed by atoms with E-state index in [2.05, 4.69) is 15.3 Å². The van der Waals surface area contributed by atoms with E-state index < -0.39 is 0 Å². The highest BCUT2D eigenvalue weighted by atomic mass is 35.5. The van der Waals surface area contributed by atoms with Gasteiger partial charge in [0, 0.05) is 24.1 Å². The van der Waals surface area contributed by atoms with E-state index in [0.717, 1.165) is 41.5 Å². The summed E-state index contributed by atoms with van der Waals surface area (Å²) < 4.78 is 5.97. The maximum Gasteiger partial charge on any atom is 0.224 e. The number of ether oxygens (including phenoxy) is 1. The van der Waals surface area contributed by atoms with Gasteiger partial charge in [0.2, 0.25) is 5.88 Å². The lowest BCUT2D eigenvalue weighted by Crippen LogP contribution is -2.04. The predicted octanol–water partition coefficient (Wildman–Crippen LogP) is 4.53. The lowest BCUT2D eigenvalue weighted by molar-refractivity contribution is 0.452. The molecule has 0 spiro atoms. The summed E-state index contributed by atoms with van der Waals surface area (Å²) in [4.78, 5) is 8.85. The molecule has 0 fully saturated rings. The number of rotatable bonds is 5. The van der Waals surface area contributed by atoms with Crippen molar-refractivity contribution in [1.29, 1.82) is 0 Å². The van der Waals surface area contributed by atoms with Crippen LogP contribution in [0, 0.1) is 13.8 Å². The molecule has 0 aliphatic heterocycles. The largest absolute Gasteiger partial charge is 0.438 e. The van der Waals surface area contributed by atoms with Crippen LogP contribution >= 0.6 is 11.6 Å². The van der Waals surface area contributed by atoms with E-state index in [0.29, 0.717) is 10.9 Å². The fourth-order valence-corrected chi connectivity index (χ4v) is 2.45. The van der Waals surface area contributed by atoms with Crippen LogP contribution in [-0.4, -0.2) is 16.5 Å². The number of benzene rings is 1. The van der Waals surface area contributed by atoms with Crippen molar-refractivity contribution in [3.63, 3.8) is 0 Å². The normalized spacial score (nSPS) is 10.5. The van der Waals surface area contributed by atoms with Crippen molar-refractivity contribution in [2.24, 2.45) is 0 Å². The van der Waals surface area contributed by atoms with Gasteiger partial charge in [-0.15, -0.1) is 0 Å². The van der Waals surface area contributed by atoms with E-state index >= 15 is 0 Å². The number of anilines is 1. The highest BCUT2D eigenvalue weighted by Crippen LogP contribution is 2.31. The van der Waals surface area contributed by atoms with Crippen LogP contribution in [0.4, 0.5) is 5.82 Å². The van der Waals surface area contributed by atoms with Gasteiger partial charge in [0.05, 0.1) is 0 Å². The van der Waals surface area contributed by atoms with Crippen LogP contribution in [0.5, 0.6) is 11.6 Å². The molecular weight excluding hydrogens is 286 g/mol. The zero-order valence-electron chi connectivity index (χ0n) is 12.8. The molecule has 0 aliphatic carbocycles. The van der Waals surface area contributed by atoms with Crippen molar-refractivity contribution >= 4 is 17.4 Å². The monoisotopic (exact) mass is 305 g/mol. The molecule has 112 valence electrons. The zero-order valence-corrected chi connectivity index (χ0v) is 13.6. The molecule has 1 heterocycles. The van der Waals surface area contributed by atoms with Crippen molar-refractivity contribution in [3.8, 4) is 11.6 Å². The first-order chi connectivity index (χ1) is 10.0. The molecule has 0 saturated heterocycles. The van der Waals surface area contributed by atoms with E-state index in [4.69, 9.17) is 16.3 Å². The topological polar surface area (TPSA) is 47.0 Å². The smallest absolute Gasteiger partial charge is 0.224 e. The molecule has 0 aliphatic rings. The summed E-state index contributed by atoms with van der Waals surface area (Å²) in [6.07, 6.45) is 0.758. The summed E-state index contributed by atoms with van der Waals surface area (Å²) in [7, 11) is 0. The quantitative estimate of drug-likeness (QED) is 0.881. The lowest BCUT2D eigenvalue weighted by atomic mass is 10.1. The zero-order chi connectivity index (χ0) is 15.4. The Kier molecular flexibility index (Phi) is 5.02. The third kappa shape index (κ3) is 3.85. The highest BCUT2D eigenvalue weighted by molar-refractivity contribution is 6.30. The Bertz CT molecular complexity index is 620. The predicted molar refractivity (Wildman–Crippen MR) is 86.6 cm³/mol. The molecule has 21 heavy (non-hydrogen) atoms. The maximum atomic E-state index is 6.05. The number of hydrogen-bond acceptors (Lipinski definition) is 4. The second-order valence-electron chi connectivity index (χ2n) is 4.86. The minimum absolute atomic E-state index is 0.548. The molecule has 1 aromatic heterocycles. The second-order valence-corrected chi connectivity index (χ2v) is 5.30. The lowest BCUT2D eigenvalue weighted by Gasteiger charge is -2.13. The van der Waals surface area contributed by atoms with Crippen LogP contribution in [0.25, 0.3) is 0 Å². The summed E-state index contributed by atoms with van der Waals surface area (Å²) in [5.41, 5.74) is 1.98. The van der Waals surface area contributed by atoms with Crippen LogP contribution in [0.2, 0.25) is 5.02 Å². The van der Waals surface area contributed by atoms with Gasteiger partial charge in [-0.1, -0.05) is 18.5 Å². The Balaban J connectivity index is 2.37. The van der Waals surface area contributed by atoms with Gasteiger partial charge >= 0.3 is 0 Å². The Labute approximate surface area is 130 Å². The number of nitrogens with zero attached hydrogens (tertiary/aromatic N) is 2. The van der Waals surface area contributed by atoms with E-state index in [-0.39, 0.29) is 0 Å². The van der Waals surface area contributed by atoms with Gasteiger partial charge in [-0.05, 0) is 44.0 Å². The first kappa shape index (κ1) is 15.6. The fraction of sp³-hybridized carbons (Fsp3) is 0.375. The summed E-state index contributed by atoms with van der Waals surface area (Å²) in [5, 5.41) is 3.91. The number of aryl methyl sites for hydroxylation is 3. The molecule has 5 heteroatoms. The minimum atomic E-state index is 0.548. The number of halogens is 1. The van der Waals surface area contributed by atoms with E-state index in [1.807, 2.05) is 45.9 Å². The maximum absolute atomic E-state index is 6.05. The average Bonchev–Trinajstić information content (AvgIpc) is 2.43. The van der Waals surface area contributed by atoms with Gasteiger partial charge in [0.15, 0.2) is 0 Å². The van der Waals surface area contributed by atoms with Crippen LogP contribution in [0.3, 0.4) is 0 Å². The SMILES string of the molecule is CCNc1cc(Oc2c(C)cc(Cl)cc2C)nc(CC)n1. The van der Waals surface area contributed by atoms with Crippen molar-refractivity contribution in [1.82, 2.24) is 9.97 Å². The first-order valence-electron chi connectivity index (χ1n) is 7.10. The third-order valence-electron chi connectivity index (χ3n) is 3.05. The summed E-state index contributed by atoms with van der Waals surface area (Å²) >= 11 is 6.05. The number of hydrogen-bond donors (Lipinski definition) is 1. The molecule has 1 aromatic carbocycles. The Morgan fingerprint density at radius 1 is 1.10 bits per heavy atom. The fourth-order valence-electron chi connectivity index (χ4n) is 2.12. The van der Waals surface area contributed by atoms with Crippen molar-refractivity contribution in [3.05, 3.63) is 40.2 Å². The van der Waals surface area contributed by atoms with E-state index in [9.17, 15) is 0 Å². The van der Waals surface area contributed by atoms with E-state index in [1.54, 1.807) is 0 Å². The average molecular weight is 306 g/mol. The molecule has 0 unspecified atom stereocenters. The summed E-state index contributed by atoms with van der Waals surface area (Å²) in [5.74, 6) is 2.88. The molecule has 0 radical (unpaired) electrons. The molecule has 0 atom stereocenters. The Morgan fingerprint density at radius 3 is 2.33 bits per heavy atom. The molecular formula is C16H20ClN3O. The van der Waals surface area contributed by atoms with Gasteiger partial charge in [0.1, 0.15) is 17.4 Å². The minimum Gasteiger partial charge on any atom is -0.438 e. The Morgan fingerprint density at radius 2 is 1.76 bits per heavy atom. The van der Waals surface area contributed by atoms with Gasteiger partial charge in [-0.2, -0.15) is 4.98 Å². The Hall–Kier alpha value is -1.81. The molecule has 0 amide bonds. The van der Waals surface area contributed by atoms with Crippen molar-refractivity contribution in [2.45, 2.75) is 34.1 Å². The van der Waals surface area contributed by atoms with Gasteiger partial charge in [0.25, 0.3) is 0 Å². The first-order valence-corrected chi connectivity index (χ1v) is 7.47. The summed E-state index contributed by atoms with van der Waals surface area (Å²) in [6.45, 7) is 8.80. The third-order valence-corrected chi connectivity index (χ3v) is 3.27. The number of aromatic nitrogens is 2. The number of nitrogens with one attached hydrogen (secondary N) is 1. The van der Waals surface area contributed by atoms with Crippen LogP contribution in [0.1, 0.15) is 30.8 Å². The second kappa shape index (κ2) is 6.76. The molecule has 0 saturated carbocycles. The van der Waals surface area contributed by atoms with Gasteiger partial charge in [-0.25, -0.2) is 4.98 Å². The van der Waals surface area contributed by atoms with E-state index in [1.165, 1.54) is 0 Å². The van der Waals surface area contributed by atoms with Crippen molar-refractivity contribution < 1.29 is 4.74 Å². The standard InChI is InChI=1S/C16H20ClN3O/c1-5-13-19-14(18-6-2)9-15(20-13)21-16-10(3)7-12(17)8-11(16)4/h7-9H,5-6H2,1-4H3,(H,18,19,20).